The van der Waals surface area contributed by atoms with Gasteiger partial charge in [-0.3, -0.25) is 4.90 Å². The molecule has 2 aromatic rings. The van der Waals surface area contributed by atoms with Crippen LogP contribution in [-0.2, 0) is 6.54 Å². The Bertz CT molecular complexity index is 753. The van der Waals surface area contributed by atoms with Gasteiger partial charge in [0.25, 0.3) is 0 Å². The molecule has 1 atom stereocenters. The van der Waals surface area contributed by atoms with Crippen molar-refractivity contribution < 1.29 is 4.42 Å². The van der Waals surface area contributed by atoms with Crippen molar-refractivity contribution in [2.45, 2.75) is 52.6 Å². The Hall–Kier alpha value is -1.61. The third-order valence-corrected chi connectivity index (χ3v) is 5.23. The summed E-state index contributed by atoms with van der Waals surface area (Å²) < 4.78 is 5.64. The van der Waals surface area contributed by atoms with Gasteiger partial charge in [0, 0.05) is 24.7 Å². The zero-order valence-corrected chi connectivity index (χ0v) is 20.1. The fourth-order valence-electron chi connectivity index (χ4n) is 3.56. The number of aliphatic imine (C=N–C) groups is 1. The van der Waals surface area contributed by atoms with Crippen molar-refractivity contribution in [1.29, 1.82) is 0 Å². The van der Waals surface area contributed by atoms with Crippen molar-refractivity contribution in [3.63, 3.8) is 0 Å². The second-order valence-corrected chi connectivity index (χ2v) is 7.39. The molecule has 160 valence electrons. The van der Waals surface area contributed by atoms with Crippen molar-refractivity contribution in [3.8, 4) is 11.5 Å². The largest absolute Gasteiger partial charge is 0.444 e. The van der Waals surface area contributed by atoms with Gasteiger partial charge in [-0.25, -0.2) is 9.98 Å². The van der Waals surface area contributed by atoms with Gasteiger partial charge < -0.3 is 15.1 Å². The summed E-state index contributed by atoms with van der Waals surface area (Å²) in [6.07, 6.45) is 5.48. The number of oxazole rings is 1. The summed E-state index contributed by atoms with van der Waals surface area (Å²) in [6, 6.07) is 8.75. The molecule has 1 saturated heterocycles. The molecule has 29 heavy (non-hydrogen) atoms. The van der Waals surface area contributed by atoms with Gasteiger partial charge in [-0.2, -0.15) is 0 Å². The molecule has 3 rings (SSSR count). The number of aryl methyl sites for hydroxylation is 1. The SMILES string of the molecule is CCNC(=NCc1coc(-c2ccc(C)cc2)n1)NCC(CC)N1CCCC1.I. The summed E-state index contributed by atoms with van der Waals surface area (Å²) in [5.74, 6) is 1.48. The number of benzene rings is 1. The second kappa shape index (κ2) is 12.2. The van der Waals surface area contributed by atoms with Gasteiger partial charge in [0.15, 0.2) is 5.96 Å². The molecule has 0 amide bonds. The minimum atomic E-state index is 0. The lowest BCUT2D eigenvalue weighted by molar-refractivity contribution is 0.236. The predicted octanol–water partition coefficient (Wildman–Crippen LogP) is 4.20. The third-order valence-electron chi connectivity index (χ3n) is 5.23. The summed E-state index contributed by atoms with van der Waals surface area (Å²) in [6.45, 7) is 11.1. The molecule has 1 aliphatic rings. The molecule has 7 heteroatoms. The molecular formula is C22H34IN5O. The number of rotatable bonds is 8. The van der Waals surface area contributed by atoms with Gasteiger partial charge >= 0.3 is 0 Å². The van der Waals surface area contributed by atoms with Crippen molar-refractivity contribution >= 4 is 29.9 Å². The van der Waals surface area contributed by atoms with E-state index in [-0.39, 0.29) is 24.0 Å². The Labute approximate surface area is 191 Å². The molecule has 2 N–H and O–H groups in total. The molecule has 0 bridgehead atoms. The maximum atomic E-state index is 5.64. The smallest absolute Gasteiger partial charge is 0.226 e. The average Bonchev–Trinajstić information content (AvgIpc) is 3.39. The van der Waals surface area contributed by atoms with E-state index in [0.29, 0.717) is 18.5 Å². The van der Waals surface area contributed by atoms with Crippen LogP contribution in [0.5, 0.6) is 0 Å². The first-order chi connectivity index (χ1) is 13.7. The predicted molar refractivity (Wildman–Crippen MR) is 130 cm³/mol. The van der Waals surface area contributed by atoms with Crippen molar-refractivity contribution in [2.75, 3.05) is 26.2 Å². The van der Waals surface area contributed by atoms with Crippen LogP contribution in [0.1, 0.15) is 44.4 Å². The summed E-state index contributed by atoms with van der Waals surface area (Å²) in [5.41, 5.74) is 3.04. The number of nitrogens with one attached hydrogen (secondary N) is 2. The van der Waals surface area contributed by atoms with Crippen LogP contribution in [0.15, 0.2) is 39.9 Å². The molecule has 0 aliphatic carbocycles. The zero-order chi connectivity index (χ0) is 19.8. The number of hydrogen-bond acceptors (Lipinski definition) is 4. The zero-order valence-electron chi connectivity index (χ0n) is 17.8. The van der Waals surface area contributed by atoms with E-state index >= 15 is 0 Å². The van der Waals surface area contributed by atoms with Crippen LogP contribution in [0.4, 0.5) is 0 Å². The van der Waals surface area contributed by atoms with E-state index in [9.17, 15) is 0 Å². The molecule has 2 heterocycles. The maximum Gasteiger partial charge on any atom is 0.226 e. The summed E-state index contributed by atoms with van der Waals surface area (Å²) >= 11 is 0. The molecule has 0 radical (unpaired) electrons. The Morgan fingerprint density at radius 1 is 1.17 bits per heavy atom. The van der Waals surface area contributed by atoms with E-state index < -0.39 is 0 Å². The van der Waals surface area contributed by atoms with E-state index in [1.54, 1.807) is 6.26 Å². The van der Waals surface area contributed by atoms with E-state index in [2.05, 4.69) is 53.4 Å². The highest BCUT2D eigenvalue weighted by Crippen LogP contribution is 2.19. The molecule has 1 fully saturated rings. The fourth-order valence-corrected chi connectivity index (χ4v) is 3.56. The van der Waals surface area contributed by atoms with Gasteiger partial charge in [-0.1, -0.05) is 24.6 Å². The number of guanidine groups is 1. The average molecular weight is 511 g/mol. The number of nitrogens with zero attached hydrogens (tertiary/aromatic N) is 3. The van der Waals surface area contributed by atoms with Crippen LogP contribution >= 0.6 is 24.0 Å². The molecule has 0 saturated carbocycles. The first-order valence-corrected chi connectivity index (χ1v) is 10.5. The maximum absolute atomic E-state index is 5.64. The molecular weight excluding hydrogens is 477 g/mol. The van der Waals surface area contributed by atoms with Crippen LogP contribution in [-0.4, -0.2) is 48.1 Å². The fraction of sp³-hybridized carbons (Fsp3) is 0.545. The molecule has 1 unspecified atom stereocenters. The monoisotopic (exact) mass is 511 g/mol. The first-order valence-electron chi connectivity index (χ1n) is 10.5. The lowest BCUT2D eigenvalue weighted by atomic mass is 10.1. The van der Waals surface area contributed by atoms with Gasteiger partial charge in [0.05, 0.1) is 6.54 Å². The Balaban J connectivity index is 0.00000300. The highest BCUT2D eigenvalue weighted by molar-refractivity contribution is 14.0. The first kappa shape index (κ1) is 23.7. The summed E-state index contributed by atoms with van der Waals surface area (Å²) in [5, 5.41) is 6.83. The Morgan fingerprint density at radius 3 is 2.55 bits per heavy atom. The van der Waals surface area contributed by atoms with Gasteiger partial charge in [-0.15, -0.1) is 24.0 Å². The van der Waals surface area contributed by atoms with Crippen molar-refractivity contribution in [2.24, 2.45) is 4.99 Å². The second-order valence-electron chi connectivity index (χ2n) is 7.39. The van der Waals surface area contributed by atoms with Crippen molar-refractivity contribution in [1.82, 2.24) is 20.5 Å². The van der Waals surface area contributed by atoms with Gasteiger partial charge in [-0.05, 0) is 58.3 Å². The summed E-state index contributed by atoms with van der Waals surface area (Å²) in [4.78, 5) is 11.9. The Morgan fingerprint density at radius 2 is 1.90 bits per heavy atom. The lowest BCUT2D eigenvalue weighted by Crippen LogP contribution is -2.46. The molecule has 1 aromatic heterocycles. The van der Waals surface area contributed by atoms with E-state index in [1.807, 2.05) is 12.1 Å². The number of likely N-dealkylation sites (tertiary alicyclic amines) is 1. The molecule has 1 aromatic carbocycles. The van der Waals surface area contributed by atoms with Crippen molar-refractivity contribution in [3.05, 3.63) is 41.8 Å². The normalized spacial score (nSPS) is 15.8. The standard InChI is InChI=1S/C22H33N5O.HI/c1-4-20(27-12-6-7-13-27)15-25-22(23-5-2)24-14-19-16-28-21(26-19)18-10-8-17(3)9-11-18;/h8-11,16,20H,4-7,12-15H2,1-3H3,(H2,23,24,25);1H. The van der Waals surface area contributed by atoms with Gasteiger partial charge in [0.1, 0.15) is 12.0 Å². The minimum absolute atomic E-state index is 0. The third kappa shape index (κ3) is 6.99. The Kier molecular flexibility index (Phi) is 9.93. The molecule has 6 nitrogen and oxygen atoms in total. The van der Waals surface area contributed by atoms with E-state index in [0.717, 1.165) is 36.7 Å². The van der Waals surface area contributed by atoms with E-state index in [1.165, 1.54) is 31.5 Å². The van der Waals surface area contributed by atoms with Crippen LogP contribution < -0.4 is 10.6 Å². The number of aromatic nitrogens is 1. The molecule has 0 spiro atoms. The van der Waals surface area contributed by atoms with Crippen LogP contribution in [0.25, 0.3) is 11.5 Å². The van der Waals surface area contributed by atoms with Crippen LogP contribution in [0.3, 0.4) is 0 Å². The topological polar surface area (TPSA) is 65.7 Å². The van der Waals surface area contributed by atoms with Gasteiger partial charge in [0.2, 0.25) is 5.89 Å². The highest BCUT2D eigenvalue weighted by atomic mass is 127. The van der Waals surface area contributed by atoms with E-state index in [4.69, 9.17) is 9.41 Å². The highest BCUT2D eigenvalue weighted by Gasteiger charge is 2.20. The number of hydrogen-bond donors (Lipinski definition) is 2. The molecule has 1 aliphatic heterocycles. The minimum Gasteiger partial charge on any atom is -0.444 e. The van der Waals surface area contributed by atoms with Crippen LogP contribution in [0, 0.1) is 6.92 Å². The number of halogens is 1. The van der Waals surface area contributed by atoms with Crippen LogP contribution in [0.2, 0.25) is 0 Å². The summed E-state index contributed by atoms with van der Waals surface area (Å²) in [7, 11) is 0. The quantitative estimate of drug-likeness (QED) is 0.316. The lowest BCUT2D eigenvalue weighted by Gasteiger charge is -2.27.